The van der Waals surface area contributed by atoms with Crippen LogP contribution in [0.2, 0.25) is 0 Å². The molecule has 3 aliphatic rings. The predicted molar refractivity (Wildman–Crippen MR) is 29.2 cm³/mol. The van der Waals surface area contributed by atoms with Crippen LogP contribution in [0.5, 0.6) is 0 Å². The molecule has 7 heavy (non-hydrogen) atoms. The van der Waals surface area contributed by atoms with Crippen molar-refractivity contribution >= 4 is 0 Å². The van der Waals surface area contributed by atoms with E-state index in [1.807, 2.05) is 0 Å². The Morgan fingerprint density at radius 2 is 1.71 bits per heavy atom. The van der Waals surface area contributed by atoms with E-state index < -0.39 is 0 Å². The normalized spacial score (nSPS) is 48.0. The highest BCUT2D eigenvalue weighted by molar-refractivity contribution is 4.92. The second-order valence-corrected chi connectivity index (χ2v) is 2.73. The van der Waals surface area contributed by atoms with Gasteiger partial charge in [-0.15, -0.1) is 0 Å². The van der Waals surface area contributed by atoms with E-state index >= 15 is 0 Å². The van der Waals surface area contributed by atoms with E-state index in [4.69, 9.17) is 0 Å². The molecule has 1 N–H and O–H groups in total. The van der Waals surface area contributed by atoms with Crippen molar-refractivity contribution in [2.75, 3.05) is 0 Å². The Morgan fingerprint density at radius 3 is 1.86 bits per heavy atom. The maximum atomic E-state index is 3.48. The first kappa shape index (κ1) is 3.90. The van der Waals surface area contributed by atoms with Gasteiger partial charge in [0, 0.05) is 12.1 Å². The van der Waals surface area contributed by atoms with Crippen LogP contribution in [-0.4, -0.2) is 12.1 Å². The Balaban J connectivity index is 1.99. The lowest BCUT2D eigenvalue weighted by Gasteiger charge is -2.42. The number of piperidine rings is 1. The van der Waals surface area contributed by atoms with Gasteiger partial charge in [0.1, 0.15) is 0 Å². The maximum absolute atomic E-state index is 3.48. The largest absolute Gasteiger partial charge is 0.311 e. The van der Waals surface area contributed by atoms with E-state index in [1.54, 1.807) is 0 Å². The highest BCUT2D eigenvalue weighted by Crippen LogP contribution is 2.27. The zero-order chi connectivity index (χ0) is 4.69. The summed E-state index contributed by atoms with van der Waals surface area (Å²) in [5.74, 6) is 0. The van der Waals surface area contributed by atoms with Gasteiger partial charge in [-0.1, -0.05) is 6.42 Å². The van der Waals surface area contributed by atoms with E-state index in [0.29, 0.717) is 0 Å². The lowest BCUT2D eigenvalue weighted by Crippen LogP contribution is -2.55. The van der Waals surface area contributed by atoms with Crippen LogP contribution in [0.25, 0.3) is 0 Å². The fraction of sp³-hybridized carbons (Fsp3) is 1.00. The molecule has 2 bridgehead atoms. The van der Waals surface area contributed by atoms with Gasteiger partial charge in [-0.3, -0.25) is 0 Å². The highest BCUT2D eigenvalue weighted by Gasteiger charge is 2.31. The molecular weight excluding hydrogens is 86.1 g/mol. The molecule has 2 atom stereocenters. The second-order valence-electron chi connectivity index (χ2n) is 2.73. The van der Waals surface area contributed by atoms with Gasteiger partial charge in [-0.2, -0.15) is 0 Å². The van der Waals surface area contributed by atoms with Gasteiger partial charge in [0.05, 0.1) is 0 Å². The molecular formula is C6H11N. The van der Waals surface area contributed by atoms with Gasteiger partial charge in [0.25, 0.3) is 0 Å². The Labute approximate surface area is 44.1 Å². The van der Waals surface area contributed by atoms with Gasteiger partial charge < -0.3 is 5.32 Å². The summed E-state index contributed by atoms with van der Waals surface area (Å²) in [5, 5.41) is 3.48. The fourth-order valence-electron chi connectivity index (χ4n) is 1.67. The minimum absolute atomic E-state index is 0.929. The SMILES string of the molecule is C1CC2CC(C1)N2. The summed E-state index contributed by atoms with van der Waals surface area (Å²) in [5.41, 5.74) is 0. The van der Waals surface area contributed by atoms with Gasteiger partial charge in [0.15, 0.2) is 0 Å². The molecule has 1 nitrogen and oxygen atoms in total. The molecule has 0 aromatic rings. The minimum atomic E-state index is 0.929. The quantitative estimate of drug-likeness (QED) is 0.473. The Bertz CT molecular complexity index is 60.7. The molecule has 0 radical (unpaired) electrons. The van der Waals surface area contributed by atoms with Crippen LogP contribution >= 0.6 is 0 Å². The van der Waals surface area contributed by atoms with Gasteiger partial charge in [-0.25, -0.2) is 0 Å². The summed E-state index contributed by atoms with van der Waals surface area (Å²) in [7, 11) is 0. The van der Waals surface area contributed by atoms with Crippen molar-refractivity contribution in [1.29, 1.82) is 0 Å². The van der Waals surface area contributed by atoms with Crippen LogP contribution in [0.15, 0.2) is 0 Å². The highest BCUT2D eigenvalue weighted by atomic mass is 15.0. The molecule has 1 saturated carbocycles. The third-order valence-corrected chi connectivity index (χ3v) is 2.15. The summed E-state index contributed by atoms with van der Waals surface area (Å²) in [6.45, 7) is 0. The van der Waals surface area contributed by atoms with Crippen LogP contribution in [0.1, 0.15) is 25.7 Å². The van der Waals surface area contributed by atoms with Crippen molar-refractivity contribution in [3.8, 4) is 0 Å². The molecule has 2 unspecified atom stereocenters. The Hall–Kier alpha value is -0.0400. The molecule has 3 rings (SSSR count). The number of fused-ring (bicyclic) bond motifs is 2. The van der Waals surface area contributed by atoms with Crippen molar-refractivity contribution in [2.45, 2.75) is 37.8 Å². The zero-order valence-electron chi connectivity index (χ0n) is 4.48. The topological polar surface area (TPSA) is 12.0 Å². The predicted octanol–water partition coefficient (Wildman–Crippen LogP) is 0.901. The van der Waals surface area contributed by atoms with Gasteiger partial charge in [-0.05, 0) is 19.3 Å². The maximum Gasteiger partial charge on any atom is 0.00844 e. The van der Waals surface area contributed by atoms with E-state index in [2.05, 4.69) is 5.32 Å². The summed E-state index contributed by atoms with van der Waals surface area (Å²) in [6, 6.07) is 1.86. The van der Waals surface area contributed by atoms with Gasteiger partial charge >= 0.3 is 0 Å². The molecule has 1 heteroatoms. The summed E-state index contributed by atoms with van der Waals surface area (Å²) < 4.78 is 0. The average molecular weight is 97.2 g/mol. The van der Waals surface area contributed by atoms with E-state index in [-0.39, 0.29) is 0 Å². The zero-order valence-corrected chi connectivity index (χ0v) is 4.48. The molecule has 3 fully saturated rings. The third kappa shape index (κ3) is 0.480. The van der Waals surface area contributed by atoms with Crippen LogP contribution < -0.4 is 5.32 Å². The van der Waals surface area contributed by atoms with Crippen molar-refractivity contribution in [3.05, 3.63) is 0 Å². The monoisotopic (exact) mass is 97.1 g/mol. The summed E-state index contributed by atoms with van der Waals surface area (Å²) in [6.07, 6.45) is 5.83. The minimum Gasteiger partial charge on any atom is -0.311 e. The molecule has 0 amide bonds. The first-order valence-corrected chi connectivity index (χ1v) is 3.21. The lowest BCUT2D eigenvalue weighted by atomic mass is 9.83. The molecule has 1 aliphatic carbocycles. The number of hydrogen-bond acceptors (Lipinski definition) is 1. The van der Waals surface area contributed by atoms with Gasteiger partial charge in [0.2, 0.25) is 0 Å². The van der Waals surface area contributed by atoms with E-state index in [9.17, 15) is 0 Å². The molecule has 2 saturated heterocycles. The van der Waals surface area contributed by atoms with Crippen molar-refractivity contribution < 1.29 is 0 Å². The Kier molecular flexibility index (Phi) is 0.680. The molecule has 40 valence electrons. The third-order valence-electron chi connectivity index (χ3n) is 2.15. The summed E-state index contributed by atoms with van der Waals surface area (Å²) >= 11 is 0. The number of rotatable bonds is 0. The molecule has 2 aliphatic heterocycles. The van der Waals surface area contributed by atoms with Crippen LogP contribution in [-0.2, 0) is 0 Å². The van der Waals surface area contributed by atoms with Crippen molar-refractivity contribution in [3.63, 3.8) is 0 Å². The first-order valence-electron chi connectivity index (χ1n) is 3.21. The van der Waals surface area contributed by atoms with Crippen molar-refractivity contribution in [1.82, 2.24) is 5.32 Å². The lowest BCUT2D eigenvalue weighted by molar-refractivity contribution is 0.182. The molecule has 2 heterocycles. The molecule has 0 aromatic heterocycles. The summed E-state index contributed by atoms with van der Waals surface area (Å²) in [4.78, 5) is 0. The standard InChI is InChI=1S/C6H11N/c1-2-5-4-6(3-1)7-5/h5-7H,1-4H2. The van der Waals surface area contributed by atoms with Crippen molar-refractivity contribution in [2.24, 2.45) is 0 Å². The average Bonchev–Trinajstić information content (AvgIpc) is 1.67. The second kappa shape index (κ2) is 1.22. The number of nitrogens with one attached hydrogen (secondary N) is 1. The molecule has 0 spiro atoms. The van der Waals surface area contributed by atoms with Crippen LogP contribution in [0.3, 0.4) is 0 Å². The van der Waals surface area contributed by atoms with E-state index in [0.717, 1.165) is 12.1 Å². The fourth-order valence-corrected chi connectivity index (χ4v) is 1.67. The Morgan fingerprint density at radius 1 is 1.14 bits per heavy atom. The molecule has 0 aromatic carbocycles. The first-order chi connectivity index (χ1) is 3.45. The van der Waals surface area contributed by atoms with Crippen LogP contribution in [0, 0.1) is 0 Å². The smallest absolute Gasteiger partial charge is 0.00844 e. The van der Waals surface area contributed by atoms with E-state index in [1.165, 1.54) is 25.7 Å². The van der Waals surface area contributed by atoms with Crippen LogP contribution in [0.4, 0.5) is 0 Å². The number of hydrogen-bond donors (Lipinski definition) is 1.